The predicted octanol–water partition coefficient (Wildman–Crippen LogP) is 0.127. The van der Waals surface area contributed by atoms with Crippen molar-refractivity contribution in [1.29, 1.82) is 0 Å². The first kappa shape index (κ1) is 13.2. The molecule has 4 N–H and O–H groups in total. The molecule has 2 aromatic rings. The normalized spacial score (nSPS) is 12.0. The highest BCUT2D eigenvalue weighted by atomic mass is 32.1. The van der Waals surface area contributed by atoms with Gasteiger partial charge in [0, 0.05) is 0 Å². The maximum atomic E-state index is 9.29. The Bertz CT molecular complexity index is 531. The van der Waals surface area contributed by atoms with Crippen LogP contribution in [-0.2, 0) is 0 Å². The quantitative estimate of drug-likeness (QED) is 0.616. The van der Waals surface area contributed by atoms with Crippen LogP contribution < -0.4 is 5.32 Å². The van der Waals surface area contributed by atoms with Gasteiger partial charge in [-0.05, 0) is 17.9 Å². The van der Waals surface area contributed by atoms with Crippen LogP contribution in [0, 0.1) is 6.92 Å². The summed E-state index contributed by atoms with van der Waals surface area (Å²) in [7, 11) is 0. The minimum absolute atomic E-state index is 0.393. The molecule has 0 saturated heterocycles. The number of aryl methyl sites for hydroxylation is 1. The van der Waals surface area contributed by atoms with Gasteiger partial charge in [0.05, 0.1) is 30.0 Å². The van der Waals surface area contributed by atoms with Crippen molar-refractivity contribution in [3.8, 4) is 0 Å². The molecule has 2 rings (SSSR count). The number of rotatable bonds is 5. The van der Waals surface area contributed by atoms with Crippen LogP contribution in [0.2, 0.25) is 0 Å². The lowest BCUT2D eigenvalue weighted by Crippen LogP contribution is -2.49. The molecule has 0 aromatic carbocycles. The summed E-state index contributed by atoms with van der Waals surface area (Å²) in [6.45, 7) is 0.772. The van der Waals surface area contributed by atoms with Crippen molar-refractivity contribution < 1.29 is 15.3 Å². The molecule has 2 aromatic heterocycles. The van der Waals surface area contributed by atoms with E-state index in [0.717, 1.165) is 15.8 Å². The molecule has 0 aliphatic rings. The van der Waals surface area contributed by atoms with Crippen LogP contribution in [0.5, 0.6) is 0 Å². The Morgan fingerprint density at radius 1 is 1.22 bits per heavy atom. The minimum Gasteiger partial charge on any atom is -0.394 e. The SMILES string of the molecule is Cc1csc2c(NC(CO)(CO)CO)ncnc12. The summed E-state index contributed by atoms with van der Waals surface area (Å²) in [5, 5.41) is 32.7. The zero-order chi connectivity index (χ0) is 13.2. The zero-order valence-corrected chi connectivity index (χ0v) is 10.7. The largest absolute Gasteiger partial charge is 0.394 e. The van der Waals surface area contributed by atoms with Crippen molar-refractivity contribution in [2.75, 3.05) is 25.1 Å². The lowest BCUT2D eigenvalue weighted by Gasteiger charge is -2.29. The van der Waals surface area contributed by atoms with Crippen LogP contribution in [0.1, 0.15) is 5.56 Å². The topological polar surface area (TPSA) is 98.5 Å². The van der Waals surface area contributed by atoms with E-state index in [1.165, 1.54) is 17.7 Å². The maximum absolute atomic E-state index is 9.29. The third-order valence-corrected chi connectivity index (χ3v) is 3.92. The fraction of sp³-hybridized carbons (Fsp3) is 0.455. The van der Waals surface area contributed by atoms with Crippen LogP contribution in [0.25, 0.3) is 10.2 Å². The second-order valence-corrected chi connectivity index (χ2v) is 5.08. The number of aliphatic hydroxyl groups excluding tert-OH is 3. The fourth-order valence-corrected chi connectivity index (χ4v) is 2.53. The average Bonchev–Trinajstić information content (AvgIpc) is 2.79. The molecule has 6 nitrogen and oxygen atoms in total. The van der Waals surface area contributed by atoms with E-state index in [4.69, 9.17) is 0 Å². The number of thiophene rings is 1. The molecule has 0 spiro atoms. The Labute approximate surface area is 108 Å². The van der Waals surface area contributed by atoms with E-state index in [-0.39, 0.29) is 0 Å². The van der Waals surface area contributed by atoms with Gasteiger partial charge in [-0.15, -0.1) is 11.3 Å². The van der Waals surface area contributed by atoms with Crippen molar-refractivity contribution in [3.63, 3.8) is 0 Å². The maximum Gasteiger partial charge on any atom is 0.148 e. The Hall–Kier alpha value is -1.28. The number of nitrogens with one attached hydrogen (secondary N) is 1. The number of hydrogen-bond acceptors (Lipinski definition) is 7. The molecule has 0 aliphatic carbocycles. The van der Waals surface area contributed by atoms with Crippen molar-refractivity contribution in [3.05, 3.63) is 17.3 Å². The highest BCUT2D eigenvalue weighted by molar-refractivity contribution is 7.18. The first-order valence-corrected chi connectivity index (χ1v) is 6.33. The Kier molecular flexibility index (Phi) is 3.76. The molecule has 0 radical (unpaired) electrons. The summed E-state index contributed by atoms with van der Waals surface area (Å²) in [6, 6.07) is 0. The second-order valence-electron chi connectivity index (χ2n) is 4.20. The molecule has 0 bridgehead atoms. The van der Waals surface area contributed by atoms with Gasteiger partial charge < -0.3 is 20.6 Å². The number of nitrogens with zero attached hydrogens (tertiary/aromatic N) is 2. The summed E-state index contributed by atoms with van der Waals surface area (Å²) in [5.41, 5.74) is 0.697. The number of aromatic nitrogens is 2. The van der Waals surface area contributed by atoms with E-state index in [1.807, 2.05) is 12.3 Å². The van der Waals surface area contributed by atoms with Crippen molar-refractivity contribution in [1.82, 2.24) is 9.97 Å². The van der Waals surface area contributed by atoms with E-state index in [1.54, 1.807) is 0 Å². The third kappa shape index (κ3) is 2.17. The Morgan fingerprint density at radius 2 is 1.89 bits per heavy atom. The van der Waals surface area contributed by atoms with Crippen LogP contribution in [0.15, 0.2) is 11.7 Å². The minimum atomic E-state index is -1.18. The molecular formula is C11H15N3O3S. The summed E-state index contributed by atoms with van der Waals surface area (Å²) < 4.78 is 0.842. The summed E-state index contributed by atoms with van der Waals surface area (Å²) in [5.74, 6) is 0.509. The van der Waals surface area contributed by atoms with Crippen molar-refractivity contribution in [2.45, 2.75) is 12.5 Å². The highest BCUT2D eigenvalue weighted by Crippen LogP contribution is 2.29. The summed E-state index contributed by atoms with van der Waals surface area (Å²) >= 11 is 1.48. The van der Waals surface area contributed by atoms with Gasteiger partial charge >= 0.3 is 0 Å². The predicted molar refractivity (Wildman–Crippen MR) is 69.8 cm³/mol. The van der Waals surface area contributed by atoms with Gasteiger partial charge in [-0.25, -0.2) is 9.97 Å². The standard InChI is InChI=1S/C11H15N3O3S/c1-7-2-18-9-8(7)12-6-13-10(9)14-11(3-15,4-16)5-17/h2,6,15-17H,3-5H2,1H3,(H,12,13,14). The van der Waals surface area contributed by atoms with Gasteiger partial charge in [0.15, 0.2) is 0 Å². The molecule has 0 aliphatic heterocycles. The first-order valence-electron chi connectivity index (χ1n) is 5.45. The van der Waals surface area contributed by atoms with Gasteiger partial charge in [0.2, 0.25) is 0 Å². The van der Waals surface area contributed by atoms with Crippen LogP contribution in [-0.4, -0.2) is 50.6 Å². The monoisotopic (exact) mass is 269 g/mol. The second kappa shape index (κ2) is 5.15. The lowest BCUT2D eigenvalue weighted by atomic mass is 10.0. The van der Waals surface area contributed by atoms with E-state index in [2.05, 4.69) is 15.3 Å². The fourth-order valence-electron chi connectivity index (χ4n) is 1.58. The number of anilines is 1. The van der Waals surface area contributed by atoms with Crippen LogP contribution in [0.3, 0.4) is 0 Å². The van der Waals surface area contributed by atoms with E-state index < -0.39 is 25.4 Å². The number of aliphatic hydroxyl groups is 3. The van der Waals surface area contributed by atoms with Crippen molar-refractivity contribution >= 4 is 27.4 Å². The van der Waals surface area contributed by atoms with Gasteiger partial charge in [-0.2, -0.15) is 0 Å². The summed E-state index contributed by atoms with van der Waals surface area (Å²) in [4.78, 5) is 8.28. The van der Waals surface area contributed by atoms with Gasteiger partial charge in [0.1, 0.15) is 17.7 Å². The summed E-state index contributed by atoms with van der Waals surface area (Å²) in [6.07, 6.45) is 1.42. The van der Waals surface area contributed by atoms with Crippen LogP contribution in [0.4, 0.5) is 5.82 Å². The molecule has 0 amide bonds. The van der Waals surface area contributed by atoms with Crippen molar-refractivity contribution in [2.24, 2.45) is 0 Å². The smallest absolute Gasteiger partial charge is 0.148 e. The Morgan fingerprint density at radius 3 is 2.50 bits per heavy atom. The number of hydrogen-bond donors (Lipinski definition) is 4. The molecule has 0 atom stereocenters. The molecule has 18 heavy (non-hydrogen) atoms. The molecule has 7 heteroatoms. The van der Waals surface area contributed by atoms with Gasteiger partial charge in [-0.3, -0.25) is 0 Å². The van der Waals surface area contributed by atoms with E-state index >= 15 is 0 Å². The van der Waals surface area contributed by atoms with Gasteiger partial charge in [-0.1, -0.05) is 0 Å². The highest BCUT2D eigenvalue weighted by Gasteiger charge is 2.29. The van der Waals surface area contributed by atoms with E-state index in [9.17, 15) is 15.3 Å². The molecule has 98 valence electrons. The molecular weight excluding hydrogens is 254 g/mol. The molecule has 0 unspecified atom stereocenters. The third-order valence-electron chi connectivity index (χ3n) is 2.82. The zero-order valence-electron chi connectivity index (χ0n) is 9.92. The molecule has 2 heterocycles. The van der Waals surface area contributed by atoms with Gasteiger partial charge in [0.25, 0.3) is 0 Å². The Balaban J connectivity index is 2.42. The average molecular weight is 269 g/mol. The number of fused-ring (bicyclic) bond motifs is 1. The molecule has 0 fully saturated rings. The first-order chi connectivity index (χ1) is 8.65. The lowest BCUT2D eigenvalue weighted by molar-refractivity contribution is 0.0832. The molecule has 0 saturated carbocycles. The van der Waals surface area contributed by atoms with E-state index in [0.29, 0.717) is 5.82 Å². The van der Waals surface area contributed by atoms with Crippen LogP contribution >= 0.6 is 11.3 Å².